The number of H-pyrrole nitrogens is 1. The van der Waals surface area contributed by atoms with Crippen LogP contribution in [-0.2, 0) is 63.7 Å². The number of aromatic carboxylic acids is 1. The number of Topliss-reactive ketones (excluding diaryl/α,β-unsaturated/α-hetero) is 4. The number of aromatic amines is 1. The van der Waals surface area contributed by atoms with Crippen molar-refractivity contribution in [2.75, 3.05) is 85.7 Å². The Kier molecular flexibility index (Phi) is 38.3. The Morgan fingerprint density at radius 2 is 1.25 bits per heavy atom. The molecule has 0 aliphatic heterocycles. The molecule has 24 nitrogen and oxygen atoms in total. The van der Waals surface area contributed by atoms with Crippen molar-refractivity contribution in [1.82, 2.24) is 31.2 Å². The fourth-order valence-electron chi connectivity index (χ4n) is 7.99. The van der Waals surface area contributed by atoms with Crippen molar-refractivity contribution in [1.29, 1.82) is 0 Å². The highest BCUT2D eigenvalue weighted by atomic mass is 16.5. The molecule has 0 spiro atoms. The van der Waals surface area contributed by atoms with Gasteiger partial charge in [0.25, 0.3) is 0 Å². The average Bonchev–Trinajstić information content (AvgIpc) is 3.95. The number of nitrogens with zero attached hydrogens (tertiary/aromatic N) is 1. The molecule has 24 heteroatoms. The second kappa shape index (κ2) is 43.8. The Morgan fingerprint density at radius 1 is 0.608 bits per heavy atom. The molecule has 2 rings (SSSR count). The number of carbonyl (C=O) groups is 9. The van der Waals surface area contributed by atoms with E-state index in [1.165, 1.54) is 24.7 Å². The van der Waals surface area contributed by atoms with E-state index < -0.39 is 54.2 Å². The fourth-order valence-corrected chi connectivity index (χ4v) is 7.99. The lowest BCUT2D eigenvalue weighted by Gasteiger charge is -2.19. The third-order valence-electron chi connectivity index (χ3n) is 12.6. The van der Waals surface area contributed by atoms with Crippen LogP contribution in [-0.4, -0.2) is 187 Å². The first-order valence-electron chi connectivity index (χ1n) is 27.5. The van der Waals surface area contributed by atoms with Gasteiger partial charge in [-0.05, 0) is 75.6 Å². The fraction of sp³-hybridized carbons (Fsp3) is 0.673. The number of aliphatic hydroxyl groups is 2. The molecule has 0 bridgehead atoms. The van der Waals surface area contributed by atoms with E-state index in [-0.39, 0.29) is 146 Å². The van der Waals surface area contributed by atoms with Crippen LogP contribution in [0.2, 0.25) is 0 Å². The van der Waals surface area contributed by atoms with Crippen LogP contribution in [0.25, 0.3) is 0 Å². The van der Waals surface area contributed by atoms with Crippen molar-refractivity contribution in [3.05, 3.63) is 48.0 Å². The number of hydrogen-bond acceptors (Lipinski definition) is 18. The summed E-state index contributed by atoms with van der Waals surface area (Å²) in [5.41, 5.74) is 0.815. The standard InChI is InChI=1S/C55H86N6O18/c1-2-45(50(67)36-62)59-35-49(66)40(18-23-47(64)48(65)33-42-34-56-39-60-42)13-9-10-24-57-52(69)37-78-32-30-76-28-25-58-53(70)38-77-31-29-75-26-12-14-43(63)19-22-46(55(73)74)61-51(68)15-8-6-4-3-5-7-11-27-79-44-20-16-41(17-21-44)54(71)72/h16-17,20-21,34,39-40,45-46,48,59,62,65H,2-15,18-19,22-33,35-38H2,1H3,(H,56,60)(H,57,69)(H,58,70)(H,61,68)(H,71,72)(H,73,74)/t40-,45+,46+,48+/m1/s1. The van der Waals surface area contributed by atoms with Gasteiger partial charge in [-0.15, -0.1) is 0 Å². The zero-order valence-corrected chi connectivity index (χ0v) is 45.9. The Hall–Kier alpha value is -6.02. The molecule has 0 fully saturated rings. The van der Waals surface area contributed by atoms with Gasteiger partial charge in [0.15, 0.2) is 11.6 Å². The van der Waals surface area contributed by atoms with Crippen molar-refractivity contribution >= 4 is 52.8 Å². The number of aromatic nitrogens is 2. The molecule has 0 saturated heterocycles. The summed E-state index contributed by atoms with van der Waals surface area (Å²) >= 11 is 0. The molecule has 1 aromatic heterocycles. The summed E-state index contributed by atoms with van der Waals surface area (Å²) in [7, 11) is 0. The van der Waals surface area contributed by atoms with E-state index in [0.29, 0.717) is 63.1 Å². The lowest BCUT2D eigenvalue weighted by atomic mass is 9.90. The molecule has 0 radical (unpaired) electrons. The molecule has 2 aromatic rings. The number of carboxylic acid groups (broad SMARTS) is 2. The number of benzene rings is 1. The van der Waals surface area contributed by atoms with Crippen LogP contribution in [0, 0.1) is 5.92 Å². The van der Waals surface area contributed by atoms with Crippen molar-refractivity contribution < 1.29 is 87.3 Å². The predicted molar refractivity (Wildman–Crippen MR) is 287 cm³/mol. The first-order chi connectivity index (χ1) is 38.1. The maximum absolute atomic E-state index is 13.2. The van der Waals surface area contributed by atoms with Crippen LogP contribution in [0.1, 0.15) is 139 Å². The summed E-state index contributed by atoms with van der Waals surface area (Å²) in [5.74, 6) is -4.28. The summed E-state index contributed by atoms with van der Waals surface area (Å²) in [6.45, 7) is 2.86. The number of imidazole rings is 1. The molecular formula is C55H86N6O18. The number of aliphatic hydroxyl groups excluding tert-OH is 2. The van der Waals surface area contributed by atoms with Crippen molar-refractivity contribution in [3.63, 3.8) is 0 Å². The molecule has 1 aromatic carbocycles. The number of aliphatic carboxylic acids is 1. The van der Waals surface area contributed by atoms with Gasteiger partial charge in [0.1, 0.15) is 49.3 Å². The van der Waals surface area contributed by atoms with Gasteiger partial charge >= 0.3 is 11.9 Å². The molecule has 1 heterocycles. The first kappa shape index (κ1) is 69.1. The van der Waals surface area contributed by atoms with Crippen LogP contribution in [0.4, 0.5) is 0 Å². The maximum Gasteiger partial charge on any atom is 0.335 e. The van der Waals surface area contributed by atoms with E-state index in [9.17, 15) is 58.5 Å². The largest absolute Gasteiger partial charge is 0.494 e. The smallest absolute Gasteiger partial charge is 0.335 e. The SMILES string of the molecule is CC[C@H](NCC(=O)[C@H](CCCCNC(=O)COCCOCCNC(=O)COCCOCCCC(=O)CC[C@H](NC(=O)CCCCCCCCCOc1ccc(C(=O)O)cc1)C(=O)O)CCC(=O)[C@@H](O)Cc1cnc[nH]1)C(=O)CO. The number of hydrogen-bond donors (Lipinski definition) is 9. The Balaban J connectivity index is 1.42. The number of carbonyl (C=O) groups excluding carboxylic acids is 7. The third-order valence-corrected chi connectivity index (χ3v) is 12.6. The zero-order chi connectivity index (χ0) is 57.9. The van der Waals surface area contributed by atoms with E-state index in [1.54, 1.807) is 19.1 Å². The number of rotatable bonds is 52. The molecule has 0 unspecified atom stereocenters. The highest BCUT2D eigenvalue weighted by Crippen LogP contribution is 2.19. The summed E-state index contributed by atoms with van der Waals surface area (Å²) in [5, 5.41) is 49.0. The van der Waals surface area contributed by atoms with Crippen molar-refractivity contribution in [3.8, 4) is 5.75 Å². The predicted octanol–water partition coefficient (Wildman–Crippen LogP) is 2.84. The number of ketones is 4. The van der Waals surface area contributed by atoms with Gasteiger partial charge in [0.05, 0.1) is 64.1 Å². The molecule has 4 atom stereocenters. The van der Waals surface area contributed by atoms with Gasteiger partial charge in [0.2, 0.25) is 17.7 Å². The Labute approximate surface area is 462 Å². The van der Waals surface area contributed by atoms with Crippen molar-refractivity contribution in [2.24, 2.45) is 5.92 Å². The van der Waals surface area contributed by atoms with Gasteiger partial charge in [-0.2, -0.15) is 0 Å². The van der Waals surface area contributed by atoms with Crippen LogP contribution in [0.5, 0.6) is 5.75 Å². The van der Waals surface area contributed by atoms with E-state index in [2.05, 4.69) is 31.2 Å². The van der Waals surface area contributed by atoms with Crippen LogP contribution in [0.15, 0.2) is 36.8 Å². The van der Waals surface area contributed by atoms with Gasteiger partial charge < -0.3 is 70.4 Å². The van der Waals surface area contributed by atoms with E-state index >= 15 is 0 Å². The van der Waals surface area contributed by atoms with Gasteiger partial charge in [-0.25, -0.2) is 14.6 Å². The molecular weight excluding hydrogens is 1030 g/mol. The average molecular weight is 1120 g/mol. The zero-order valence-electron chi connectivity index (χ0n) is 45.9. The second-order valence-electron chi connectivity index (χ2n) is 19.0. The van der Waals surface area contributed by atoms with Gasteiger partial charge in [-0.3, -0.25) is 33.6 Å². The molecule has 0 saturated carbocycles. The van der Waals surface area contributed by atoms with Gasteiger partial charge in [-0.1, -0.05) is 45.4 Å². The quantitative estimate of drug-likeness (QED) is 0.0430. The van der Waals surface area contributed by atoms with E-state index in [1.807, 2.05) is 0 Å². The lowest BCUT2D eigenvalue weighted by Crippen LogP contribution is -2.42. The van der Waals surface area contributed by atoms with Gasteiger partial charge in [0, 0.05) is 69.6 Å². The summed E-state index contributed by atoms with van der Waals surface area (Å²) in [4.78, 5) is 116. The van der Waals surface area contributed by atoms with E-state index in [0.717, 1.165) is 38.5 Å². The monoisotopic (exact) mass is 1120 g/mol. The molecule has 444 valence electrons. The number of carboxylic acids is 2. The number of amides is 3. The summed E-state index contributed by atoms with van der Waals surface area (Å²) in [6, 6.07) is 4.46. The number of unbranched alkanes of at least 4 members (excludes halogenated alkanes) is 7. The second-order valence-corrected chi connectivity index (χ2v) is 19.0. The van der Waals surface area contributed by atoms with Crippen LogP contribution in [0.3, 0.4) is 0 Å². The Bertz CT molecular complexity index is 2070. The number of ether oxygens (including phenoxy) is 5. The Morgan fingerprint density at radius 3 is 1.89 bits per heavy atom. The topological polar surface area (TPSA) is 358 Å². The maximum atomic E-state index is 13.2. The van der Waals surface area contributed by atoms with Crippen LogP contribution >= 0.6 is 0 Å². The molecule has 0 aliphatic rings. The highest BCUT2D eigenvalue weighted by Gasteiger charge is 2.25. The molecule has 79 heavy (non-hydrogen) atoms. The van der Waals surface area contributed by atoms with Crippen LogP contribution < -0.4 is 26.0 Å². The minimum absolute atomic E-state index is 0.00451. The van der Waals surface area contributed by atoms with Crippen molar-refractivity contribution in [2.45, 2.75) is 147 Å². The van der Waals surface area contributed by atoms with E-state index in [4.69, 9.17) is 28.8 Å². The summed E-state index contributed by atoms with van der Waals surface area (Å²) < 4.78 is 27.2. The minimum Gasteiger partial charge on any atom is -0.494 e. The molecule has 9 N–H and O–H groups in total. The first-order valence-corrected chi connectivity index (χ1v) is 27.5. The highest BCUT2D eigenvalue weighted by molar-refractivity contribution is 5.89. The lowest BCUT2D eigenvalue weighted by molar-refractivity contribution is -0.142. The minimum atomic E-state index is -1.25. The summed E-state index contributed by atoms with van der Waals surface area (Å²) in [6.07, 6.45) is 11.0. The normalized spacial score (nSPS) is 12.7. The number of nitrogens with one attached hydrogen (secondary N) is 5. The third kappa shape index (κ3) is 34.6. The molecule has 3 amide bonds. The molecule has 0 aliphatic carbocycles.